The van der Waals surface area contributed by atoms with E-state index < -0.39 is 17.8 Å². The summed E-state index contributed by atoms with van der Waals surface area (Å²) in [6, 6.07) is 9.52. The lowest BCUT2D eigenvalue weighted by Gasteiger charge is -2.27. The highest BCUT2D eigenvalue weighted by Crippen LogP contribution is 2.35. The number of nitrogens with one attached hydrogen (secondary N) is 1. The highest BCUT2D eigenvalue weighted by atomic mass is 79.9. The number of barbiturate groups is 1. The Morgan fingerprint density at radius 3 is 2.52 bits per heavy atom. The van der Waals surface area contributed by atoms with E-state index in [4.69, 9.17) is 9.47 Å². The predicted molar refractivity (Wildman–Crippen MR) is 112 cm³/mol. The first-order valence-electron chi connectivity index (χ1n) is 8.84. The van der Waals surface area contributed by atoms with Crippen LogP contribution in [0.25, 0.3) is 6.08 Å². The first-order valence-corrected chi connectivity index (χ1v) is 9.64. The second-order valence-electron chi connectivity index (χ2n) is 6.20. The van der Waals surface area contributed by atoms with E-state index in [-0.39, 0.29) is 5.57 Å². The molecule has 8 heteroatoms. The fourth-order valence-electron chi connectivity index (χ4n) is 2.94. The Morgan fingerprint density at radius 1 is 1.14 bits per heavy atom. The molecule has 3 rings (SSSR count). The van der Waals surface area contributed by atoms with E-state index in [1.54, 1.807) is 43.3 Å². The molecular formula is C21H19BrN2O5. The number of benzene rings is 2. The lowest BCUT2D eigenvalue weighted by atomic mass is 10.1. The zero-order valence-corrected chi connectivity index (χ0v) is 17.7. The van der Waals surface area contributed by atoms with Gasteiger partial charge in [-0.25, -0.2) is 9.69 Å². The molecule has 1 aliphatic rings. The molecular weight excluding hydrogens is 440 g/mol. The van der Waals surface area contributed by atoms with Gasteiger partial charge in [-0.3, -0.25) is 14.9 Å². The van der Waals surface area contributed by atoms with Gasteiger partial charge in [-0.15, -0.1) is 0 Å². The summed E-state index contributed by atoms with van der Waals surface area (Å²) in [5.74, 6) is -0.477. The average molecular weight is 459 g/mol. The topological polar surface area (TPSA) is 84.9 Å². The Hall–Kier alpha value is -3.13. The van der Waals surface area contributed by atoms with E-state index >= 15 is 0 Å². The number of nitrogens with zero attached hydrogens (tertiary/aromatic N) is 1. The monoisotopic (exact) mass is 458 g/mol. The van der Waals surface area contributed by atoms with Crippen molar-refractivity contribution < 1.29 is 23.9 Å². The highest BCUT2D eigenvalue weighted by Gasteiger charge is 2.37. The van der Waals surface area contributed by atoms with Crippen LogP contribution in [0.2, 0.25) is 0 Å². The summed E-state index contributed by atoms with van der Waals surface area (Å²) >= 11 is 3.43. The number of anilines is 1. The number of amides is 4. The summed E-state index contributed by atoms with van der Waals surface area (Å²) in [4.78, 5) is 38.8. The molecule has 0 radical (unpaired) electrons. The average Bonchev–Trinajstić information content (AvgIpc) is 2.68. The number of carbonyl (C=O) groups is 3. The molecule has 1 fully saturated rings. The number of urea groups is 1. The molecule has 0 aliphatic carbocycles. The van der Waals surface area contributed by atoms with E-state index in [9.17, 15) is 14.4 Å². The minimum absolute atomic E-state index is 0.167. The highest BCUT2D eigenvalue weighted by molar-refractivity contribution is 9.10. The Balaban J connectivity index is 2.06. The van der Waals surface area contributed by atoms with Crippen molar-refractivity contribution in [2.45, 2.75) is 13.8 Å². The van der Waals surface area contributed by atoms with Crippen LogP contribution in [0.5, 0.6) is 11.5 Å². The van der Waals surface area contributed by atoms with Crippen molar-refractivity contribution in [2.75, 3.05) is 18.6 Å². The molecule has 1 saturated heterocycles. The van der Waals surface area contributed by atoms with Gasteiger partial charge in [-0.1, -0.05) is 34.1 Å². The van der Waals surface area contributed by atoms with Gasteiger partial charge in [0.15, 0.2) is 11.5 Å². The second kappa shape index (κ2) is 8.48. The van der Waals surface area contributed by atoms with E-state index in [1.807, 2.05) is 6.92 Å². The summed E-state index contributed by atoms with van der Waals surface area (Å²) < 4.78 is 11.5. The molecule has 0 unspecified atom stereocenters. The maximum absolute atomic E-state index is 13.0. The van der Waals surface area contributed by atoms with Crippen LogP contribution < -0.4 is 19.7 Å². The van der Waals surface area contributed by atoms with E-state index in [0.29, 0.717) is 33.8 Å². The molecule has 7 nitrogen and oxygen atoms in total. The van der Waals surface area contributed by atoms with Crippen molar-refractivity contribution >= 4 is 45.5 Å². The SMILES string of the molecule is CCOc1cc(Br)c(/C=C2\C(=O)NC(=O)N(c3ccccc3C)C2=O)cc1OC. The van der Waals surface area contributed by atoms with Gasteiger partial charge in [0.2, 0.25) is 0 Å². The van der Waals surface area contributed by atoms with Gasteiger partial charge in [-0.05, 0) is 49.2 Å². The van der Waals surface area contributed by atoms with E-state index in [1.165, 1.54) is 13.2 Å². The van der Waals surface area contributed by atoms with Gasteiger partial charge in [-0.2, -0.15) is 0 Å². The largest absolute Gasteiger partial charge is 0.493 e. The molecule has 2 aromatic carbocycles. The normalized spacial score (nSPS) is 15.5. The second-order valence-corrected chi connectivity index (χ2v) is 7.06. The van der Waals surface area contributed by atoms with Crippen LogP contribution in [0.4, 0.5) is 10.5 Å². The first-order chi connectivity index (χ1) is 13.9. The summed E-state index contributed by atoms with van der Waals surface area (Å²) in [5.41, 5.74) is 1.51. The van der Waals surface area contributed by atoms with E-state index in [0.717, 1.165) is 10.5 Å². The van der Waals surface area contributed by atoms with Crippen molar-refractivity contribution in [3.8, 4) is 11.5 Å². The Kier molecular flexibility index (Phi) is 6.03. The molecule has 2 aromatic rings. The number of halogens is 1. The molecule has 0 spiro atoms. The quantitative estimate of drug-likeness (QED) is 0.543. The van der Waals surface area contributed by atoms with Crippen LogP contribution in [-0.4, -0.2) is 31.6 Å². The lowest BCUT2D eigenvalue weighted by molar-refractivity contribution is -0.122. The molecule has 0 saturated carbocycles. The number of para-hydroxylation sites is 1. The number of hydrogen-bond acceptors (Lipinski definition) is 5. The summed E-state index contributed by atoms with van der Waals surface area (Å²) in [6.45, 7) is 4.09. The van der Waals surface area contributed by atoms with Crippen molar-refractivity contribution in [3.05, 3.63) is 57.6 Å². The smallest absolute Gasteiger partial charge is 0.335 e. The Morgan fingerprint density at radius 2 is 1.86 bits per heavy atom. The summed E-state index contributed by atoms with van der Waals surface area (Å²) in [6.07, 6.45) is 1.41. The number of methoxy groups -OCH3 is 1. The molecule has 1 heterocycles. The molecule has 150 valence electrons. The standard InChI is InChI=1S/C21H19BrN2O5/c1-4-29-18-11-15(22)13(10-17(18)28-3)9-14-19(25)23-21(27)24(20(14)26)16-8-6-5-7-12(16)2/h5-11H,4H2,1-3H3,(H,23,25,27)/b14-9+. The van der Waals surface area contributed by atoms with Crippen LogP contribution in [0.15, 0.2) is 46.4 Å². The van der Waals surface area contributed by atoms with Gasteiger partial charge >= 0.3 is 6.03 Å². The van der Waals surface area contributed by atoms with Gasteiger partial charge in [0.1, 0.15) is 5.57 Å². The Labute approximate surface area is 176 Å². The summed E-state index contributed by atoms with van der Waals surface area (Å²) in [5, 5.41) is 2.22. The maximum atomic E-state index is 13.0. The zero-order chi connectivity index (χ0) is 21.1. The maximum Gasteiger partial charge on any atom is 0.335 e. The fraction of sp³-hybridized carbons (Fsp3) is 0.190. The number of aryl methyl sites for hydroxylation is 1. The molecule has 4 amide bonds. The minimum Gasteiger partial charge on any atom is -0.493 e. The number of imide groups is 2. The molecule has 1 aliphatic heterocycles. The third-order valence-corrected chi connectivity index (χ3v) is 5.03. The van der Waals surface area contributed by atoms with Gasteiger partial charge < -0.3 is 9.47 Å². The number of rotatable bonds is 5. The predicted octanol–water partition coefficient (Wildman–Crippen LogP) is 3.83. The van der Waals surface area contributed by atoms with Crippen molar-refractivity contribution in [2.24, 2.45) is 0 Å². The van der Waals surface area contributed by atoms with Crippen LogP contribution in [0.3, 0.4) is 0 Å². The molecule has 29 heavy (non-hydrogen) atoms. The number of hydrogen-bond donors (Lipinski definition) is 1. The van der Waals surface area contributed by atoms with E-state index in [2.05, 4.69) is 21.2 Å². The van der Waals surface area contributed by atoms with Gasteiger partial charge in [0.25, 0.3) is 11.8 Å². The lowest BCUT2D eigenvalue weighted by Crippen LogP contribution is -2.54. The van der Waals surface area contributed by atoms with Crippen LogP contribution in [0.1, 0.15) is 18.1 Å². The van der Waals surface area contributed by atoms with Crippen LogP contribution in [-0.2, 0) is 9.59 Å². The minimum atomic E-state index is -0.783. The first kappa shape index (κ1) is 20.6. The van der Waals surface area contributed by atoms with Crippen LogP contribution in [0, 0.1) is 6.92 Å². The third kappa shape index (κ3) is 4.02. The Bertz CT molecular complexity index is 1030. The number of carbonyl (C=O) groups excluding carboxylic acids is 3. The third-order valence-electron chi connectivity index (χ3n) is 4.34. The van der Waals surface area contributed by atoms with Gasteiger partial charge in [0, 0.05) is 4.47 Å². The molecule has 1 N–H and O–H groups in total. The number of ether oxygens (including phenoxy) is 2. The molecule has 0 atom stereocenters. The van der Waals surface area contributed by atoms with Crippen molar-refractivity contribution in [1.82, 2.24) is 5.32 Å². The van der Waals surface area contributed by atoms with Gasteiger partial charge in [0.05, 0.1) is 19.4 Å². The molecule has 0 aromatic heterocycles. The summed E-state index contributed by atoms with van der Waals surface area (Å²) in [7, 11) is 1.50. The van der Waals surface area contributed by atoms with Crippen molar-refractivity contribution in [1.29, 1.82) is 0 Å². The van der Waals surface area contributed by atoms with Crippen molar-refractivity contribution in [3.63, 3.8) is 0 Å². The fourth-order valence-corrected chi connectivity index (χ4v) is 3.37. The van der Waals surface area contributed by atoms with Crippen LogP contribution >= 0.6 is 15.9 Å². The molecule has 0 bridgehead atoms. The zero-order valence-electron chi connectivity index (χ0n) is 16.1.